The molecule has 0 unspecified atom stereocenters. The molecule has 4 aromatic rings. The molecule has 0 saturated carbocycles. The van der Waals surface area contributed by atoms with Gasteiger partial charge in [-0.3, -0.25) is 0 Å². The van der Waals surface area contributed by atoms with E-state index in [0.717, 1.165) is 11.3 Å². The van der Waals surface area contributed by atoms with Crippen LogP contribution in [0.5, 0.6) is 5.75 Å². The number of anilines is 1. The molecule has 1 atom stereocenters. The fourth-order valence-electron chi connectivity index (χ4n) is 4.15. The number of nitrogens with zero attached hydrogens (tertiary/aromatic N) is 4. The van der Waals surface area contributed by atoms with E-state index >= 15 is 0 Å². The predicted molar refractivity (Wildman–Crippen MR) is 148 cm³/mol. The second-order valence-corrected chi connectivity index (χ2v) is 11.0. The van der Waals surface area contributed by atoms with E-state index in [9.17, 15) is 10.5 Å². The zero-order valence-corrected chi connectivity index (χ0v) is 23.2. The molecule has 0 amide bonds. The van der Waals surface area contributed by atoms with Crippen LogP contribution in [0.25, 0.3) is 22.6 Å². The maximum atomic E-state index is 10.1. The Kier molecular flexibility index (Phi) is 7.60. The Balaban J connectivity index is 1.38. The van der Waals surface area contributed by atoms with Gasteiger partial charge in [-0.1, -0.05) is 23.9 Å². The number of nitrogen functional groups attached to an aromatic ring is 1. The van der Waals surface area contributed by atoms with Crippen LogP contribution in [0.1, 0.15) is 36.4 Å². The summed E-state index contributed by atoms with van der Waals surface area (Å²) in [7, 11) is 0. The van der Waals surface area contributed by atoms with Gasteiger partial charge in [0.1, 0.15) is 52.8 Å². The highest BCUT2D eigenvalue weighted by Crippen LogP contribution is 2.38. The summed E-state index contributed by atoms with van der Waals surface area (Å²) in [6, 6.07) is 13.5. The minimum atomic E-state index is -0.616. The number of ether oxygens (including phenoxy) is 3. The van der Waals surface area contributed by atoms with Gasteiger partial charge in [0, 0.05) is 22.3 Å². The minimum Gasteiger partial charge on any atom is -0.491 e. The number of aromatic nitrogens is 2. The molecule has 11 heteroatoms. The molecular weight excluding hydrogens is 534 g/mol. The second kappa shape index (κ2) is 11.1. The van der Waals surface area contributed by atoms with Crippen molar-refractivity contribution in [3.05, 3.63) is 63.7 Å². The number of nitrogens with two attached hydrogens (primary N) is 1. The zero-order chi connectivity index (χ0) is 27.6. The first kappa shape index (κ1) is 26.7. The van der Waals surface area contributed by atoms with Crippen LogP contribution in [0.3, 0.4) is 0 Å². The van der Waals surface area contributed by atoms with Crippen LogP contribution in [0.2, 0.25) is 0 Å². The fraction of sp³-hybridized carbons (Fsp3) is 0.286. The first-order valence-electron chi connectivity index (χ1n) is 12.1. The molecule has 2 N–H and O–H groups in total. The highest BCUT2D eigenvalue weighted by molar-refractivity contribution is 7.98. The Morgan fingerprint density at radius 3 is 2.54 bits per heavy atom. The van der Waals surface area contributed by atoms with Gasteiger partial charge in [-0.15, -0.1) is 0 Å². The average molecular weight is 560 g/mol. The highest BCUT2D eigenvalue weighted by atomic mass is 32.2. The fourth-order valence-corrected chi connectivity index (χ4v) is 5.78. The molecule has 5 rings (SSSR count). The summed E-state index contributed by atoms with van der Waals surface area (Å²) in [4.78, 5) is 9.01. The number of benzene rings is 1. The van der Waals surface area contributed by atoms with E-state index in [1.54, 1.807) is 35.6 Å². The molecule has 1 aliphatic heterocycles. The molecule has 0 radical (unpaired) electrons. The summed E-state index contributed by atoms with van der Waals surface area (Å²) in [6.45, 7) is 6.38. The van der Waals surface area contributed by atoms with E-state index in [1.807, 2.05) is 37.6 Å². The van der Waals surface area contributed by atoms with Crippen molar-refractivity contribution < 1.29 is 18.6 Å². The van der Waals surface area contributed by atoms with Crippen LogP contribution in [-0.2, 0) is 15.2 Å². The van der Waals surface area contributed by atoms with Crippen molar-refractivity contribution in [2.24, 2.45) is 0 Å². The van der Waals surface area contributed by atoms with Crippen LogP contribution < -0.4 is 10.5 Å². The van der Waals surface area contributed by atoms with E-state index in [4.69, 9.17) is 24.4 Å². The summed E-state index contributed by atoms with van der Waals surface area (Å²) < 4.78 is 23.1. The number of hydrogen-bond donors (Lipinski definition) is 1. The van der Waals surface area contributed by atoms with E-state index in [2.05, 4.69) is 22.1 Å². The molecule has 0 spiro atoms. The Morgan fingerprint density at radius 2 is 1.90 bits per heavy atom. The van der Waals surface area contributed by atoms with Crippen molar-refractivity contribution in [3.8, 4) is 40.5 Å². The van der Waals surface area contributed by atoms with E-state index in [-0.39, 0.29) is 23.0 Å². The van der Waals surface area contributed by atoms with Crippen molar-refractivity contribution >= 4 is 28.9 Å². The molecule has 1 fully saturated rings. The van der Waals surface area contributed by atoms with Gasteiger partial charge in [-0.2, -0.15) is 21.9 Å². The van der Waals surface area contributed by atoms with Crippen LogP contribution in [0.4, 0.5) is 5.82 Å². The summed E-state index contributed by atoms with van der Waals surface area (Å²) >= 11 is 2.89. The monoisotopic (exact) mass is 559 g/mol. The number of pyridine rings is 1. The molecule has 3 aromatic heterocycles. The van der Waals surface area contributed by atoms with Gasteiger partial charge in [0.05, 0.1) is 17.9 Å². The number of nitriles is 2. The number of oxazole rings is 1. The van der Waals surface area contributed by atoms with Crippen molar-refractivity contribution in [1.29, 1.82) is 10.5 Å². The quantitative estimate of drug-likeness (QED) is 0.259. The lowest BCUT2D eigenvalue weighted by Crippen LogP contribution is -2.25. The topological polar surface area (TPSA) is 140 Å². The van der Waals surface area contributed by atoms with Crippen LogP contribution in [0.15, 0.2) is 50.5 Å². The summed E-state index contributed by atoms with van der Waals surface area (Å²) in [5, 5.41) is 24.3. The van der Waals surface area contributed by atoms with Gasteiger partial charge in [-0.05, 0) is 49.9 Å². The van der Waals surface area contributed by atoms with Gasteiger partial charge >= 0.3 is 0 Å². The number of rotatable bonds is 8. The van der Waals surface area contributed by atoms with E-state index in [0.29, 0.717) is 52.5 Å². The lowest BCUT2D eigenvalue weighted by molar-refractivity contribution is -0.141. The third-order valence-electron chi connectivity index (χ3n) is 6.07. The molecule has 1 saturated heterocycles. The molecule has 39 heavy (non-hydrogen) atoms. The molecular formula is C28H25N5O4S2. The lowest BCUT2D eigenvalue weighted by atomic mass is 9.97. The number of aryl methyl sites for hydroxylation is 1. The summed E-state index contributed by atoms with van der Waals surface area (Å²) in [5.41, 5.74) is 9.38. The minimum absolute atomic E-state index is 0.0613. The zero-order valence-electron chi connectivity index (χ0n) is 21.6. The predicted octanol–water partition coefficient (Wildman–Crippen LogP) is 5.92. The number of thioether (sulfide) groups is 1. The standard InChI is InChI=1S/C28H25N5O4S2/c1-16-23(32-26(36-16)18-8-9-38-14-18)15-39-27-22(11-30)24(21(10-29)25(31)33-27)17-4-6-19(7-5-17)34-12-20-13-35-28(2,3)37-20/h4-9,14,20H,12-13,15H2,1-3H3,(H2,31,33)/t20-/m0/s1. The SMILES string of the molecule is Cc1oc(-c2ccsc2)nc1CSc1nc(N)c(C#N)c(-c2ccc(OC[C@H]3COC(C)(C)O3)cc2)c1C#N. The Labute approximate surface area is 234 Å². The molecule has 0 aliphatic carbocycles. The third-order valence-corrected chi connectivity index (χ3v) is 7.74. The second-order valence-electron chi connectivity index (χ2n) is 9.26. The molecule has 0 bridgehead atoms. The average Bonchev–Trinajstić information content (AvgIpc) is 3.66. The van der Waals surface area contributed by atoms with Crippen LogP contribution in [0, 0.1) is 29.6 Å². The van der Waals surface area contributed by atoms with Gasteiger partial charge in [0.2, 0.25) is 5.89 Å². The lowest BCUT2D eigenvalue weighted by Gasteiger charge is -2.17. The van der Waals surface area contributed by atoms with Gasteiger partial charge in [0.15, 0.2) is 5.79 Å². The molecule has 198 valence electrons. The third kappa shape index (κ3) is 5.77. The van der Waals surface area contributed by atoms with Crippen LogP contribution in [-0.4, -0.2) is 35.1 Å². The van der Waals surface area contributed by atoms with Crippen molar-refractivity contribution in [2.75, 3.05) is 18.9 Å². The first-order valence-corrected chi connectivity index (χ1v) is 14.0. The highest BCUT2D eigenvalue weighted by Gasteiger charge is 2.33. The van der Waals surface area contributed by atoms with Gasteiger partial charge in [-0.25, -0.2) is 9.97 Å². The molecule has 9 nitrogen and oxygen atoms in total. The van der Waals surface area contributed by atoms with Crippen molar-refractivity contribution in [1.82, 2.24) is 9.97 Å². The van der Waals surface area contributed by atoms with Crippen LogP contribution >= 0.6 is 23.1 Å². The summed E-state index contributed by atoms with van der Waals surface area (Å²) in [5.74, 6) is 1.74. The maximum Gasteiger partial charge on any atom is 0.227 e. The Hall–Kier alpha value is -3.87. The molecule has 4 heterocycles. The Morgan fingerprint density at radius 1 is 1.13 bits per heavy atom. The largest absolute Gasteiger partial charge is 0.491 e. The number of thiophene rings is 1. The van der Waals surface area contributed by atoms with Gasteiger partial charge in [0.25, 0.3) is 0 Å². The van der Waals surface area contributed by atoms with E-state index < -0.39 is 5.79 Å². The number of hydrogen-bond acceptors (Lipinski definition) is 11. The first-order chi connectivity index (χ1) is 18.8. The maximum absolute atomic E-state index is 10.1. The normalized spacial score (nSPS) is 16.1. The van der Waals surface area contributed by atoms with Crippen molar-refractivity contribution in [2.45, 2.75) is 43.4 Å². The molecule has 1 aromatic carbocycles. The smallest absolute Gasteiger partial charge is 0.227 e. The Bertz CT molecular complexity index is 1570. The summed E-state index contributed by atoms with van der Waals surface area (Å²) in [6.07, 6.45) is -0.163. The molecule has 1 aliphatic rings. The van der Waals surface area contributed by atoms with E-state index in [1.165, 1.54) is 11.8 Å². The van der Waals surface area contributed by atoms with Crippen molar-refractivity contribution in [3.63, 3.8) is 0 Å². The van der Waals surface area contributed by atoms with Gasteiger partial charge < -0.3 is 24.4 Å².